The molecule has 0 fully saturated rings. The minimum absolute atomic E-state index is 0. The Balaban J connectivity index is 0.000000302. The molecule has 0 bridgehead atoms. The molecule has 1 radical (unpaired) electrons. The fourth-order valence-electron chi connectivity index (χ4n) is 6.40. The van der Waals surface area contributed by atoms with E-state index in [1.54, 1.807) is 23.7 Å². The Labute approximate surface area is 315 Å². The normalized spacial score (nSPS) is 12.3. The number of pyridine rings is 2. The van der Waals surface area contributed by atoms with E-state index in [9.17, 15) is 0 Å². The molecule has 4 aromatic heterocycles. The van der Waals surface area contributed by atoms with E-state index in [4.69, 9.17) is 12.1 Å². The topological polar surface area (TPSA) is 38.9 Å². The molecule has 0 aliphatic rings. The van der Waals surface area contributed by atoms with Crippen molar-refractivity contribution in [3.05, 3.63) is 143 Å². The van der Waals surface area contributed by atoms with Crippen molar-refractivity contribution >= 4 is 43.4 Å². The molecule has 8 aromatic rings. The van der Waals surface area contributed by atoms with Crippen molar-refractivity contribution in [1.29, 1.82) is 0 Å². The van der Waals surface area contributed by atoms with Gasteiger partial charge in [-0.25, -0.2) is 0 Å². The molecule has 0 saturated heterocycles. The Hall–Kier alpha value is -4.41. The van der Waals surface area contributed by atoms with Gasteiger partial charge < -0.3 is 14.4 Å². The zero-order valence-corrected chi connectivity index (χ0v) is 32.6. The van der Waals surface area contributed by atoms with Gasteiger partial charge in [-0.05, 0) is 95.7 Å². The van der Waals surface area contributed by atoms with Gasteiger partial charge in [0.05, 0.1) is 10.3 Å². The van der Waals surface area contributed by atoms with Crippen molar-refractivity contribution in [2.45, 2.75) is 54.8 Å². The van der Waals surface area contributed by atoms with Crippen molar-refractivity contribution in [1.82, 2.24) is 9.97 Å². The van der Waals surface area contributed by atoms with Gasteiger partial charge >= 0.3 is 0 Å². The van der Waals surface area contributed by atoms with Gasteiger partial charge in [-0.2, -0.15) is 0 Å². The predicted molar refractivity (Wildman–Crippen MR) is 207 cm³/mol. The average Bonchev–Trinajstić information content (AvgIpc) is 3.65. The van der Waals surface area contributed by atoms with Crippen LogP contribution in [0, 0.1) is 45.2 Å². The summed E-state index contributed by atoms with van der Waals surface area (Å²) in [6, 6.07) is 36.8. The first-order valence-corrected chi connectivity index (χ1v) is 17.4. The van der Waals surface area contributed by atoms with Crippen LogP contribution in [0.25, 0.3) is 65.7 Å². The maximum absolute atomic E-state index is 9.13. The molecule has 50 heavy (non-hydrogen) atoms. The van der Waals surface area contributed by atoms with E-state index in [1.807, 2.05) is 81.4 Å². The fourth-order valence-corrected chi connectivity index (χ4v) is 7.55. The number of thiophene rings is 1. The molecule has 0 spiro atoms. The number of aryl methyl sites for hydroxylation is 4. The first-order valence-electron chi connectivity index (χ1n) is 17.6. The number of rotatable bonds is 4. The summed E-state index contributed by atoms with van der Waals surface area (Å²) in [5, 5.41) is 3.36. The second-order valence-corrected chi connectivity index (χ2v) is 14.8. The van der Waals surface area contributed by atoms with Crippen LogP contribution in [0.2, 0.25) is 0 Å². The summed E-state index contributed by atoms with van der Waals surface area (Å²) in [6.07, 6.45) is 1.91. The smallest absolute Gasteiger partial charge is 0.138 e. The second kappa shape index (κ2) is 14.4. The number of hydrogen-bond donors (Lipinski definition) is 0. The third kappa shape index (κ3) is 6.96. The summed E-state index contributed by atoms with van der Waals surface area (Å²) in [7, 11) is 0. The fraction of sp³-hybridized carbons (Fsp3) is 0.200. The van der Waals surface area contributed by atoms with E-state index in [0.29, 0.717) is 5.56 Å². The quantitative estimate of drug-likeness (QED) is 0.166. The monoisotopic (exact) mass is 851 g/mol. The molecule has 8 rings (SSSR count). The zero-order chi connectivity index (χ0) is 36.1. The minimum atomic E-state index is -1.60. The Morgan fingerprint density at radius 2 is 1.50 bits per heavy atom. The first-order chi connectivity index (χ1) is 24.4. The number of benzene rings is 4. The van der Waals surface area contributed by atoms with Crippen molar-refractivity contribution in [3.63, 3.8) is 0 Å². The maximum Gasteiger partial charge on any atom is 0.138 e. The van der Waals surface area contributed by atoms with Crippen LogP contribution in [0.1, 0.15) is 50.6 Å². The van der Waals surface area contributed by atoms with E-state index < -0.39 is 11.8 Å². The van der Waals surface area contributed by atoms with Gasteiger partial charge in [0.2, 0.25) is 0 Å². The molecule has 0 N–H and O–H groups in total. The molecular formula is C45H40IrN2OS-2. The predicted octanol–water partition coefficient (Wildman–Crippen LogP) is 12.7. The van der Waals surface area contributed by atoms with Crippen molar-refractivity contribution < 1.29 is 27.3 Å². The summed E-state index contributed by atoms with van der Waals surface area (Å²) >= 11 is 1.77. The van der Waals surface area contributed by atoms with Crippen LogP contribution in [-0.4, -0.2) is 9.97 Å². The number of aromatic nitrogens is 2. The van der Waals surface area contributed by atoms with Crippen molar-refractivity contribution in [3.8, 4) is 33.6 Å². The van der Waals surface area contributed by atoms with E-state index in [1.165, 1.54) is 20.5 Å². The van der Waals surface area contributed by atoms with Crippen LogP contribution in [0.3, 0.4) is 0 Å². The zero-order valence-electron chi connectivity index (χ0n) is 31.4. The molecule has 0 amide bonds. The first kappa shape index (κ1) is 32.8. The molecular weight excluding hydrogens is 809 g/mol. The molecule has 3 nitrogen and oxygen atoms in total. The van der Waals surface area contributed by atoms with Gasteiger partial charge in [-0.15, -0.1) is 65.4 Å². The van der Waals surface area contributed by atoms with Gasteiger partial charge in [0.25, 0.3) is 0 Å². The SMILES string of the molecule is [2H]C([2H])(c1cnc(-c2[c-]ccc3c2oc2c3ccc3c(C)c(C)sc32)cc1-c1c(C)cccc1C)C(C)(C)C.[Ir].[c-]1ccccc1-c1ccccn1. The van der Waals surface area contributed by atoms with Gasteiger partial charge in [-0.1, -0.05) is 80.3 Å². The van der Waals surface area contributed by atoms with Gasteiger partial charge in [0.1, 0.15) is 5.58 Å². The third-order valence-corrected chi connectivity index (χ3v) is 10.0. The molecule has 253 valence electrons. The molecule has 5 heteroatoms. The molecule has 0 atom stereocenters. The molecule has 4 aromatic carbocycles. The van der Waals surface area contributed by atoms with Crippen LogP contribution in [0.15, 0.2) is 108 Å². The standard InChI is InChI=1S/C34H32NOS.C11H8N.Ir/c1-19-10-8-11-20(2)30(19)28-16-29(35-18-23(28)17-34(5,6)7)27-13-9-12-25-26-15-14-24-21(3)22(4)37-33(24)32(26)36-31(25)27;1-2-6-10(7-3-1)11-8-4-5-9-12-11;/h8-12,14-16,18H,17H2,1-7H3;1-6,8-9H;/q2*-1;/i17D2;;. The second-order valence-electron chi connectivity index (χ2n) is 13.5. The maximum atomic E-state index is 9.13. The van der Waals surface area contributed by atoms with E-state index in [0.717, 1.165) is 66.7 Å². The average molecular weight is 851 g/mol. The number of fused-ring (bicyclic) bond motifs is 5. The van der Waals surface area contributed by atoms with Crippen LogP contribution < -0.4 is 0 Å². The van der Waals surface area contributed by atoms with Crippen LogP contribution in [0.4, 0.5) is 0 Å². The van der Waals surface area contributed by atoms with Gasteiger partial charge in [0.15, 0.2) is 0 Å². The minimum Gasteiger partial charge on any atom is -0.499 e. The largest absolute Gasteiger partial charge is 0.499 e. The molecule has 0 aliphatic carbocycles. The third-order valence-electron chi connectivity index (χ3n) is 8.81. The van der Waals surface area contributed by atoms with Crippen LogP contribution in [-0.2, 0) is 26.5 Å². The summed E-state index contributed by atoms with van der Waals surface area (Å²) in [6.45, 7) is 14.3. The van der Waals surface area contributed by atoms with Crippen LogP contribution >= 0.6 is 11.3 Å². The summed E-state index contributed by atoms with van der Waals surface area (Å²) in [5.74, 6) is 0. The molecule has 0 aliphatic heterocycles. The Bertz CT molecular complexity index is 2480. The molecule has 0 saturated carbocycles. The number of nitrogens with zero attached hydrogens (tertiary/aromatic N) is 2. The summed E-state index contributed by atoms with van der Waals surface area (Å²) in [4.78, 5) is 10.4. The number of furan rings is 1. The number of hydrogen-bond acceptors (Lipinski definition) is 4. The van der Waals surface area contributed by atoms with Gasteiger partial charge in [-0.3, -0.25) is 0 Å². The molecule has 0 unspecified atom stereocenters. The van der Waals surface area contributed by atoms with Crippen molar-refractivity contribution in [2.24, 2.45) is 5.41 Å². The summed E-state index contributed by atoms with van der Waals surface area (Å²) < 4.78 is 26.1. The Morgan fingerprint density at radius 3 is 2.20 bits per heavy atom. The van der Waals surface area contributed by atoms with E-state index in [2.05, 4.69) is 75.1 Å². The van der Waals surface area contributed by atoms with Crippen LogP contribution in [0.5, 0.6) is 0 Å². The van der Waals surface area contributed by atoms with Gasteiger partial charge in [0, 0.05) is 45.5 Å². The Kier molecular flexibility index (Phi) is 9.47. The van der Waals surface area contributed by atoms with E-state index >= 15 is 0 Å². The van der Waals surface area contributed by atoms with Crippen molar-refractivity contribution in [2.75, 3.05) is 0 Å². The molecule has 4 heterocycles. The van der Waals surface area contributed by atoms with E-state index in [-0.39, 0.29) is 20.1 Å². The Morgan fingerprint density at radius 1 is 0.760 bits per heavy atom. The summed E-state index contributed by atoms with van der Waals surface area (Å²) in [5.41, 5.74) is 10.6.